The molecule has 88 valence electrons. The monoisotopic (exact) mass is 235 g/mol. The molecule has 0 spiro atoms. The number of hydrogen-bond donors (Lipinski definition) is 0. The Hall–Kier alpha value is -2.35. The summed E-state index contributed by atoms with van der Waals surface area (Å²) in [5, 5.41) is 0. The molecule has 0 radical (unpaired) electrons. The fraction of sp³-hybridized carbons (Fsp3) is 0.0625. The van der Waals surface area contributed by atoms with Gasteiger partial charge in [0, 0.05) is 11.9 Å². The van der Waals surface area contributed by atoms with E-state index in [0.29, 0.717) is 0 Å². The second kappa shape index (κ2) is 4.49. The summed E-state index contributed by atoms with van der Waals surface area (Å²) in [7, 11) is 0. The first kappa shape index (κ1) is 10.8. The number of anilines is 1. The molecule has 2 aromatic carbocycles. The van der Waals surface area contributed by atoms with E-state index in [4.69, 9.17) is 0 Å². The summed E-state index contributed by atoms with van der Waals surface area (Å²) in [4.78, 5) is 13.4. The first-order chi connectivity index (χ1) is 8.90. The van der Waals surface area contributed by atoms with Gasteiger partial charge in [0.2, 0.25) is 0 Å². The molecule has 1 unspecified atom stereocenters. The van der Waals surface area contributed by atoms with Crippen molar-refractivity contribution in [1.82, 2.24) is 0 Å². The van der Waals surface area contributed by atoms with Crippen LogP contribution in [0.15, 0.2) is 60.8 Å². The number of carbonyl (C=O) groups is 1. The van der Waals surface area contributed by atoms with Crippen LogP contribution in [0.2, 0.25) is 0 Å². The molecule has 2 heteroatoms. The fourth-order valence-electron chi connectivity index (χ4n) is 2.32. The Labute approximate surface area is 106 Å². The van der Waals surface area contributed by atoms with E-state index in [1.165, 1.54) is 0 Å². The summed E-state index contributed by atoms with van der Waals surface area (Å²) in [6, 6.07) is 17.7. The largest absolute Gasteiger partial charge is 0.334 e. The Balaban J connectivity index is 2.08. The number of aldehydes is 1. The Morgan fingerprint density at radius 1 is 0.944 bits per heavy atom. The van der Waals surface area contributed by atoms with Crippen molar-refractivity contribution in [3.8, 4) is 0 Å². The van der Waals surface area contributed by atoms with Gasteiger partial charge in [0.15, 0.2) is 0 Å². The van der Waals surface area contributed by atoms with Crippen molar-refractivity contribution in [3.63, 3.8) is 0 Å². The maximum atomic E-state index is 11.4. The van der Waals surface area contributed by atoms with Gasteiger partial charge in [0.05, 0.1) is 0 Å². The molecular weight excluding hydrogens is 222 g/mol. The molecule has 0 N–H and O–H groups in total. The molecule has 0 saturated carbocycles. The number of benzene rings is 2. The van der Waals surface area contributed by atoms with Crippen LogP contribution < -0.4 is 4.90 Å². The van der Waals surface area contributed by atoms with Crippen molar-refractivity contribution in [1.29, 1.82) is 0 Å². The number of rotatable bonds is 2. The lowest BCUT2D eigenvalue weighted by molar-refractivity contribution is -0.109. The number of hydrogen-bond acceptors (Lipinski definition) is 2. The van der Waals surface area contributed by atoms with Crippen LogP contribution in [-0.4, -0.2) is 6.29 Å². The van der Waals surface area contributed by atoms with Crippen LogP contribution in [0.25, 0.3) is 6.08 Å². The highest BCUT2D eigenvalue weighted by Gasteiger charge is 2.23. The SMILES string of the molecule is O=CC1c2ccccc2C=CN1c1ccccc1. The van der Waals surface area contributed by atoms with Gasteiger partial charge in [-0.2, -0.15) is 0 Å². The molecule has 2 nitrogen and oxygen atoms in total. The lowest BCUT2D eigenvalue weighted by atomic mass is 9.96. The van der Waals surface area contributed by atoms with Crippen LogP contribution in [-0.2, 0) is 4.79 Å². The molecule has 0 amide bonds. The first-order valence-electron chi connectivity index (χ1n) is 5.96. The fourth-order valence-corrected chi connectivity index (χ4v) is 2.32. The second-order valence-electron chi connectivity index (χ2n) is 4.27. The van der Waals surface area contributed by atoms with Gasteiger partial charge in [-0.05, 0) is 29.3 Å². The summed E-state index contributed by atoms with van der Waals surface area (Å²) >= 11 is 0. The van der Waals surface area contributed by atoms with E-state index < -0.39 is 0 Å². The second-order valence-corrected chi connectivity index (χ2v) is 4.27. The number of para-hydroxylation sites is 1. The molecule has 0 bridgehead atoms. The summed E-state index contributed by atoms with van der Waals surface area (Å²) in [5.41, 5.74) is 3.20. The zero-order chi connectivity index (χ0) is 12.4. The summed E-state index contributed by atoms with van der Waals surface area (Å²) in [6.07, 6.45) is 5.01. The van der Waals surface area contributed by atoms with Gasteiger partial charge in [0.25, 0.3) is 0 Å². The Morgan fingerprint density at radius 3 is 2.44 bits per heavy atom. The van der Waals surface area contributed by atoms with Crippen molar-refractivity contribution in [3.05, 3.63) is 71.9 Å². The molecule has 3 rings (SSSR count). The normalized spacial score (nSPS) is 17.3. The molecule has 2 aromatic rings. The maximum absolute atomic E-state index is 11.4. The van der Waals surface area contributed by atoms with E-state index in [0.717, 1.165) is 23.1 Å². The van der Waals surface area contributed by atoms with Gasteiger partial charge >= 0.3 is 0 Å². The Kier molecular flexibility index (Phi) is 2.69. The summed E-state index contributed by atoms with van der Waals surface area (Å²) < 4.78 is 0. The van der Waals surface area contributed by atoms with E-state index in [9.17, 15) is 4.79 Å². The summed E-state index contributed by atoms with van der Waals surface area (Å²) in [5.74, 6) is 0. The maximum Gasteiger partial charge on any atom is 0.147 e. The zero-order valence-corrected chi connectivity index (χ0v) is 9.86. The summed E-state index contributed by atoms with van der Waals surface area (Å²) in [6.45, 7) is 0. The molecule has 18 heavy (non-hydrogen) atoms. The molecule has 0 saturated heterocycles. The minimum Gasteiger partial charge on any atom is -0.334 e. The first-order valence-corrected chi connectivity index (χ1v) is 5.96. The van der Waals surface area contributed by atoms with Gasteiger partial charge in [0.1, 0.15) is 12.3 Å². The highest BCUT2D eigenvalue weighted by molar-refractivity contribution is 5.77. The third kappa shape index (κ3) is 1.72. The van der Waals surface area contributed by atoms with Crippen molar-refractivity contribution in [2.45, 2.75) is 6.04 Å². The lowest BCUT2D eigenvalue weighted by Gasteiger charge is -2.31. The molecule has 1 aliphatic rings. The van der Waals surface area contributed by atoms with Crippen LogP contribution in [0.3, 0.4) is 0 Å². The average Bonchev–Trinajstić information content (AvgIpc) is 2.47. The van der Waals surface area contributed by atoms with Gasteiger partial charge in [-0.3, -0.25) is 0 Å². The van der Waals surface area contributed by atoms with Gasteiger partial charge in [-0.15, -0.1) is 0 Å². The molecule has 0 aromatic heterocycles. The molecule has 0 fully saturated rings. The smallest absolute Gasteiger partial charge is 0.147 e. The molecule has 0 aliphatic carbocycles. The van der Waals surface area contributed by atoms with Crippen molar-refractivity contribution in [2.75, 3.05) is 4.90 Å². The molecule has 1 atom stereocenters. The van der Waals surface area contributed by atoms with E-state index in [1.807, 2.05) is 71.8 Å². The van der Waals surface area contributed by atoms with Crippen LogP contribution in [0.1, 0.15) is 17.2 Å². The van der Waals surface area contributed by atoms with Gasteiger partial charge in [-0.1, -0.05) is 42.5 Å². The van der Waals surface area contributed by atoms with Crippen LogP contribution >= 0.6 is 0 Å². The van der Waals surface area contributed by atoms with E-state index in [2.05, 4.69) is 0 Å². The molecular formula is C16H13NO. The minimum atomic E-state index is -0.242. The standard InChI is InChI=1S/C16H13NO/c18-12-16-15-9-5-4-6-13(15)10-11-17(16)14-7-2-1-3-8-14/h1-12,16H. The third-order valence-electron chi connectivity index (χ3n) is 3.21. The van der Waals surface area contributed by atoms with Crippen LogP contribution in [0.4, 0.5) is 5.69 Å². The minimum absolute atomic E-state index is 0.242. The number of carbonyl (C=O) groups excluding carboxylic acids is 1. The van der Waals surface area contributed by atoms with Crippen LogP contribution in [0.5, 0.6) is 0 Å². The topological polar surface area (TPSA) is 20.3 Å². The molecule has 1 heterocycles. The highest BCUT2D eigenvalue weighted by Crippen LogP contribution is 2.32. The predicted molar refractivity (Wildman–Crippen MR) is 73.2 cm³/mol. The zero-order valence-electron chi connectivity index (χ0n) is 9.86. The Morgan fingerprint density at radius 2 is 1.67 bits per heavy atom. The lowest BCUT2D eigenvalue weighted by Crippen LogP contribution is -2.27. The van der Waals surface area contributed by atoms with Gasteiger partial charge in [-0.25, -0.2) is 0 Å². The van der Waals surface area contributed by atoms with Crippen LogP contribution in [0, 0.1) is 0 Å². The van der Waals surface area contributed by atoms with E-state index in [-0.39, 0.29) is 6.04 Å². The van der Waals surface area contributed by atoms with E-state index >= 15 is 0 Å². The van der Waals surface area contributed by atoms with Crippen molar-refractivity contribution >= 4 is 18.0 Å². The number of fused-ring (bicyclic) bond motifs is 1. The Bertz CT molecular complexity index is 589. The highest BCUT2D eigenvalue weighted by atomic mass is 16.1. The van der Waals surface area contributed by atoms with E-state index in [1.54, 1.807) is 0 Å². The number of nitrogens with zero attached hydrogens (tertiary/aromatic N) is 1. The van der Waals surface area contributed by atoms with Gasteiger partial charge < -0.3 is 9.69 Å². The quantitative estimate of drug-likeness (QED) is 0.743. The third-order valence-corrected chi connectivity index (χ3v) is 3.21. The van der Waals surface area contributed by atoms with Crippen molar-refractivity contribution < 1.29 is 4.79 Å². The predicted octanol–water partition coefficient (Wildman–Crippen LogP) is 3.42. The average molecular weight is 235 g/mol. The van der Waals surface area contributed by atoms with Crippen molar-refractivity contribution in [2.24, 2.45) is 0 Å². The molecule has 1 aliphatic heterocycles.